The average Bonchev–Trinajstić information content (AvgIpc) is 3.31. The van der Waals surface area contributed by atoms with Crippen LogP contribution in [0, 0.1) is 0 Å². The largest absolute Gasteiger partial charge is 0.493 e. The summed E-state index contributed by atoms with van der Waals surface area (Å²) in [5.74, 6) is 2.23. The van der Waals surface area contributed by atoms with Gasteiger partial charge in [-0.1, -0.05) is 24.3 Å². The van der Waals surface area contributed by atoms with E-state index < -0.39 is 5.91 Å². The van der Waals surface area contributed by atoms with Crippen LogP contribution in [0.3, 0.4) is 0 Å². The molecule has 0 atom stereocenters. The van der Waals surface area contributed by atoms with Crippen molar-refractivity contribution >= 4 is 33.7 Å². The molecule has 10 nitrogen and oxygen atoms in total. The van der Waals surface area contributed by atoms with E-state index in [9.17, 15) is 4.79 Å². The van der Waals surface area contributed by atoms with E-state index in [1.165, 1.54) is 0 Å². The van der Waals surface area contributed by atoms with Crippen molar-refractivity contribution in [1.82, 2.24) is 19.9 Å². The first-order valence-electron chi connectivity index (χ1n) is 12.3. The van der Waals surface area contributed by atoms with Crippen molar-refractivity contribution in [3.63, 3.8) is 0 Å². The Labute approximate surface area is 225 Å². The predicted octanol–water partition coefficient (Wildman–Crippen LogP) is 4.16. The Kier molecular flexibility index (Phi) is 7.09. The van der Waals surface area contributed by atoms with Crippen LogP contribution in [0.25, 0.3) is 27.6 Å². The number of anilines is 1. The molecular formula is C29H29N5O5. The second kappa shape index (κ2) is 10.8. The van der Waals surface area contributed by atoms with Gasteiger partial charge in [0.25, 0.3) is 5.91 Å². The van der Waals surface area contributed by atoms with E-state index in [1.807, 2.05) is 65.2 Å². The summed E-state index contributed by atoms with van der Waals surface area (Å²) in [7, 11) is 6.34. The Morgan fingerprint density at radius 2 is 1.51 bits per heavy atom. The van der Waals surface area contributed by atoms with E-state index in [2.05, 4.69) is 15.3 Å². The lowest BCUT2D eigenvalue weighted by atomic mass is 10.1. The van der Waals surface area contributed by atoms with Crippen LogP contribution in [0.5, 0.6) is 23.0 Å². The van der Waals surface area contributed by atoms with E-state index in [0.29, 0.717) is 47.0 Å². The number of para-hydroxylation sites is 1. The fourth-order valence-corrected chi connectivity index (χ4v) is 4.64. The van der Waals surface area contributed by atoms with Crippen LogP contribution < -0.4 is 30.0 Å². The number of fused-ring (bicyclic) bond motifs is 3. The molecule has 5 aromatic rings. The lowest BCUT2D eigenvalue weighted by Crippen LogP contribution is -2.28. The SMILES string of the molecule is COc1ccc(CCNC(=O)c2nc(N)c3c4ccccc4n(-c4ccc(OC)c(OC)c4)c3n2)cc1OC. The Morgan fingerprint density at radius 3 is 2.23 bits per heavy atom. The number of benzene rings is 3. The number of carbonyl (C=O) groups excluding carboxylic acids is 1. The summed E-state index contributed by atoms with van der Waals surface area (Å²) >= 11 is 0. The number of hydrogen-bond acceptors (Lipinski definition) is 8. The van der Waals surface area contributed by atoms with Crippen LogP contribution in [-0.4, -0.2) is 55.4 Å². The van der Waals surface area contributed by atoms with Gasteiger partial charge in [-0.3, -0.25) is 9.36 Å². The molecule has 0 saturated heterocycles. The van der Waals surface area contributed by atoms with E-state index in [4.69, 9.17) is 24.7 Å². The molecule has 5 rings (SSSR count). The molecule has 200 valence electrons. The number of ether oxygens (including phenoxy) is 4. The molecule has 3 aromatic carbocycles. The molecule has 2 heterocycles. The highest BCUT2D eigenvalue weighted by atomic mass is 16.5. The smallest absolute Gasteiger partial charge is 0.289 e. The zero-order valence-corrected chi connectivity index (χ0v) is 22.1. The third kappa shape index (κ3) is 4.72. The van der Waals surface area contributed by atoms with Gasteiger partial charge in [0.2, 0.25) is 5.82 Å². The first kappa shape index (κ1) is 25.7. The highest BCUT2D eigenvalue weighted by Gasteiger charge is 2.21. The molecule has 0 bridgehead atoms. The summed E-state index contributed by atoms with van der Waals surface area (Å²) in [5.41, 5.74) is 9.56. The fraction of sp³-hybridized carbons (Fsp3) is 0.207. The summed E-state index contributed by atoms with van der Waals surface area (Å²) in [5, 5.41) is 4.44. The summed E-state index contributed by atoms with van der Waals surface area (Å²) in [6, 6.07) is 19.0. The molecule has 0 unspecified atom stereocenters. The normalized spacial score (nSPS) is 11.0. The van der Waals surface area contributed by atoms with Crippen molar-refractivity contribution in [2.75, 3.05) is 40.7 Å². The molecule has 1 amide bonds. The van der Waals surface area contributed by atoms with Gasteiger partial charge in [-0.2, -0.15) is 0 Å². The maximum Gasteiger partial charge on any atom is 0.289 e. The number of nitrogens with two attached hydrogens (primary N) is 1. The van der Waals surface area contributed by atoms with Crippen LogP contribution >= 0.6 is 0 Å². The third-order valence-corrected chi connectivity index (χ3v) is 6.52. The standard InChI is InChI=1S/C29H29N5O5/c1-36-21-11-9-17(15-23(21)38-3)13-14-31-29(35)27-32-26(30)25-19-7-5-6-8-20(19)34(28(25)33-27)18-10-12-22(37-2)24(16-18)39-4/h5-12,15-16H,13-14H2,1-4H3,(H,31,35)(H2,30,32,33). The van der Waals surface area contributed by atoms with Gasteiger partial charge in [0.05, 0.1) is 45.0 Å². The number of aromatic nitrogens is 3. The maximum atomic E-state index is 13.1. The first-order chi connectivity index (χ1) is 19.0. The Morgan fingerprint density at radius 1 is 0.846 bits per heavy atom. The van der Waals surface area contributed by atoms with E-state index in [1.54, 1.807) is 28.4 Å². The quantitative estimate of drug-likeness (QED) is 0.293. The number of carbonyl (C=O) groups is 1. The summed E-state index contributed by atoms with van der Waals surface area (Å²) in [6.45, 7) is 0.369. The van der Waals surface area contributed by atoms with Gasteiger partial charge in [-0.15, -0.1) is 0 Å². The van der Waals surface area contributed by atoms with Gasteiger partial charge in [-0.25, -0.2) is 9.97 Å². The molecule has 10 heteroatoms. The molecule has 0 radical (unpaired) electrons. The van der Waals surface area contributed by atoms with Crippen LogP contribution in [0.4, 0.5) is 5.82 Å². The molecule has 3 N–H and O–H groups in total. The minimum Gasteiger partial charge on any atom is -0.493 e. The number of nitrogens with zero attached hydrogens (tertiary/aromatic N) is 3. The molecule has 0 spiro atoms. The molecular weight excluding hydrogens is 498 g/mol. The number of nitrogens with one attached hydrogen (secondary N) is 1. The van der Waals surface area contributed by atoms with Gasteiger partial charge >= 0.3 is 0 Å². The van der Waals surface area contributed by atoms with Gasteiger partial charge in [0.1, 0.15) is 5.82 Å². The Balaban J connectivity index is 1.49. The van der Waals surface area contributed by atoms with Crippen molar-refractivity contribution in [2.24, 2.45) is 0 Å². The zero-order chi connectivity index (χ0) is 27.5. The summed E-state index contributed by atoms with van der Waals surface area (Å²) < 4.78 is 23.5. The van der Waals surface area contributed by atoms with Gasteiger partial charge in [-0.05, 0) is 42.3 Å². The zero-order valence-electron chi connectivity index (χ0n) is 22.1. The monoisotopic (exact) mass is 527 g/mol. The number of rotatable bonds is 9. The molecule has 39 heavy (non-hydrogen) atoms. The second-order valence-electron chi connectivity index (χ2n) is 8.72. The third-order valence-electron chi connectivity index (χ3n) is 6.52. The van der Waals surface area contributed by atoms with Gasteiger partial charge in [0.15, 0.2) is 28.6 Å². The van der Waals surface area contributed by atoms with Crippen LogP contribution in [-0.2, 0) is 6.42 Å². The van der Waals surface area contributed by atoms with Crippen molar-refractivity contribution in [2.45, 2.75) is 6.42 Å². The Hall–Kier alpha value is -4.99. The minimum absolute atomic E-state index is 0.0168. The molecule has 2 aromatic heterocycles. The van der Waals surface area contributed by atoms with E-state index >= 15 is 0 Å². The van der Waals surface area contributed by atoms with Crippen LogP contribution in [0.2, 0.25) is 0 Å². The molecule has 0 saturated carbocycles. The van der Waals surface area contributed by atoms with Crippen molar-refractivity contribution in [1.29, 1.82) is 0 Å². The second-order valence-corrected chi connectivity index (χ2v) is 8.72. The Bertz CT molecular complexity index is 1680. The lowest BCUT2D eigenvalue weighted by Gasteiger charge is -2.12. The predicted molar refractivity (Wildman–Crippen MR) is 149 cm³/mol. The van der Waals surface area contributed by atoms with Crippen LogP contribution in [0.15, 0.2) is 60.7 Å². The van der Waals surface area contributed by atoms with E-state index in [0.717, 1.165) is 22.2 Å². The number of nitrogen functional groups attached to an aromatic ring is 1. The molecule has 0 aliphatic heterocycles. The van der Waals surface area contributed by atoms with Gasteiger partial charge < -0.3 is 30.0 Å². The highest BCUT2D eigenvalue weighted by molar-refractivity contribution is 6.13. The number of methoxy groups -OCH3 is 4. The van der Waals surface area contributed by atoms with Crippen molar-refractivity contribution < 1.29 is 23.7 Å². The van der Waals surface area contributed by atoms with Crippen molar-refractivity contribution in [3.05, 3.63) is 72.1 Å². The highest BCUT2D eigenvalue weighted by Crippen LogP contribution is 2.36. The number of hydrogen-bond donors (Lipinski definition) is 2. The van der Waals surface area contributed by atoms with Gasteiger partial charge in [0, 0.05) is 18.0 Å². The molecule has 0 aliphatic rings. The minimum atomic E-state index is -0.423. The topological polar surface area (TPSA) is 123 Å². The summed E-state index contributed by atoms with van der Waals surface area (Å²) in [4.78, 5) is 22.1. The number of amides is 1. The molecule has 0 fully saturated rings. The van der Waals surface area contributed by atoms with Crippen LogP contribution in [0.1, 0.15) is 16.2 Å². The average molecular weight is 528 g/mol. The first-order valence-corrected chi connectivity index (χ1v) is 12.3. The summed E-state index contributed by atoms with van der Waals surface area (Å²) in [6.07, 6.45) is 0.579. The lowest BCUT2D eigenvalue weighted by molar-refractivity contribution is 0.0944. The fourth-order valence-electron chi connectivity index (χ4n) is 4.64. The molecule has 0 aliphatic carbocycles. The van der Waals surface area contributed by atoms with Crippen molar-refractivity contribution in [3.8, 4) is 28.7 Å². The maximum absolute atomic E-state index is 13.1. The van der Waals surface area contributed by atoms with E-state index in [-0.39, 0.29) is 11.6 Å².